The normalized spacial score (nSPS) is 22.2. The minimum absolute atomic E-state index is 0. The van der Waals surface area contributed by atoms with E-state index in [1.165, 1.54) is 5.56 Å². The molecule has 2 aliphatic rings. The molecule has 0 radical (unpaired) electrons. The summed E-state index contributed by atoms with van der Waals surface area (Å²) >= 11 is 0. The first-order chi connectivity index (χ1) is 14.7. The lowest BCUT2D eigenvalue weighted by atomic mass is 9.76. The van der Waals surface area contributed by atoms with E-state index < -0.39 is 0 Å². The van der Waals surface area contributed by atoms with Gasteiger partial charge in [0.1, 0.15) is 0 Å². The lowest BCUT2D eigenvalue weighted by molar-refractivity contribution is 0.0768. The van der Waals surface area contributed by atoms with Crippen molar-refractivity contribution in [2.24, 2.45) is 11.3 Å². The van der Waals surface area contributed by atoms with Crippen LogP contribution in [0.2, 0.25) is 0 Å². The Labute approximate surface area is 189 Å². The minimum Gasteiger partial charge on any atom is -0.338 e. The molecular formula is C24H28ClN5O. The average molecular weight is 438 g/mol. The molecule has 0 spiro atoms. The molecule has 1 amide bonds. The zero-order valence-electron chi connectivity index (χ0n) is 17.7. The van der Waals surface area contributed by atoms with E-state index in [4.69, 9.17) is 0 Å². The second kappa shape index (κ2) is 8.81. The van der Waals surface area contributed by atoms with Crippen molar-refractivity contribution in [3.63, 3.8) is 0 Å². The number of pyridine rings is 1. The summed E-state index contributed by atoms with van der Waals surface area (Å²) in [5, 5.41) is 8.01. The van der Waals surface area contributed by atoms with Crippen LogP contribution < -0.4 is 5.32 Å². The van der Waals surface area contributed by atoms with Gasteiger partial charge in [0.2, 0.25) is 0 Å². The molecule has 2 aliphatic heterocycles. The predicted octanol–water partition coefficient (Wildman–Crippen LogP) is 3.29. The van der Waals surface area contributed by atoms with Crippen LogP contribution in [0.25, 0.3) is 5.82 Å². The van der Waals surface area contributed by atoms with Gasteiger partial charge in [-0.3, -0.25) is 4.79 Å². The van der Waals surface area contributed by atoms with Gasteiger partial charge in [-0.05, 0) is 43.4 Å². The van der Waals surface area contributed by atoms with Crippen LogP contribution in [0.15, 0.2) is 60.9 Å². The SMILES string of the molecule is Cc1c(C(=O)N2CC3CNCC3(CCc3ccccc3)C2)cnn1-c1ccccn1.Cl. The summed E-state index contributed by atoms with van der Waals surface area (Å²) in [6.07, 6.45) is 5.58. The topological polar surface area (TPSA) is 63.1 Å². The summed E-state index contributed by atoms with van der Waals surface area (Å²) < 4.78 is 1.75. The largest absolute Gasteiger partial charge is 0.338 e. The highest BCUT2D eigenvalue weighted by Gasteiger charge is 2.50. The van der Waals surface area contributed by atoms with E-state index in [9.17, 15) is 4.79 Å². The Bertz CT molecular complexity index is 1040. The minimum atomic E-state index is 0. The van der Waals surface area contributed by atoms with Crippen molar-refractivity contribution in [1.82, 2.24) is 25.0 Å². The molecule has 3 aromatic rings. The molecule has 31 heavy (non-hydrogen) atoms. The number of amides is 1. The predicted molar refractivity (Wildman–Crippen MR) is 123 cm³/mol. The molecule has 7 heteroatoms. The van der Waals surface area contributed by atoms with Gasteiger partial charge in [-0.1, -0.05) is 36.4 Å². The third-order valence-electron chi connectivity index (χ3n) is 6.83. The van der Waals surface area contributed by atoms with E-state index in [0.717, 1.165) is 50.5 Å². The third kappa shape index (κ3) is 3.98. The van der Waals surface area contributed by atoms with E-state index in [-0.39, 0.29) is 23.7 Å². The first-order valence-electron chi connectivity index (χ1n) is 10.7. The molecule has 162 valence electrons. The summed E-state index contributed by atoms with van der Waals surface area (Å²) in [5.41, 5.74) is 3.05. The van der Waals surface area contributed by atoms with Crippen molar-refractivity contribution in [1.29, 1.82) is 0 Å². The Balaban J connectivity index is 0.00000231. The van der Waals surface area contributed by atoms with Crippen LogP contribution in [0, 0.1) is 18.3 Å². The number of likely N-dealkylation sites (tertiary alicyclic amines) is 1. The van der Waals surface area contributed by atoms with Crippen LogP contribution in [0.1, 0.15) is 28.0 Å². The van der Waals surface area contributed by atoms with Gasteiger partial charge in [-0.15, -0.1) is 12.4 Å². The van der Waals surface area contributed by atoms with E-state index in [2.05, 4.69) is 45.7 Å². The van der Waals surface area contributed by atoms with Crippen LogP contribution in [0.5, 0.6) is 0 Å². The van der Waals surface area contributed by atoms with Crippen LogP contribution in [0.3, 0.4) is 0 Å². The number of hydrogen-bond donors (Lipinski definition) is 1. The van der Waals surface area contributed by atoms with Crippen LogP contribution in [-0.2, 0) is 6.42 Å². The van der Waals surface area contributed by atoms with Gasteiger partial charge < -0.3 is 10.2 Å². The number of carbonyl (C=O) groups excluding carboxylic acids is 1. The Hall–Kier alpha value is -2.70. The molecular weight excluding hydrogens is 410 g/mol. The van der Waals surface area contributed by atoms with Gasteiger partial charge >= 0.3 is 0 Å². The standard InChI is InChI=1S/C24H27N5O.ClH/c1-18-21(14-27-29(18)22-9-5-6-12-26-22)23(30)28-15-20-13-25-16-24(20,17-28)11-10-19-7-3-2-4-8-19;/h2-9,12,14,20,25H,10-11,13,15-17H2,1H3;1H. The molecule has 0 saturated carbocycles. The van der Waals surface area contributed by atoms with Gasteiger partial charge in [-0.25, -0.2) is 9.67 Å². The van der Waals surface area contributed by atoms with E-state index >= 15 is 0 Å². The Morgan fingerprint density at radius 3 is 2.77 bits per heavy atom. The van der Waals surface area contributed by atoms with E-state index in [1.54, 1.807) is 17.1 Å². The number of rotatable bonds is 5. The molecule has 2 fully saturated rings. The Morgan fingerprint density at radius 2 is 2.00 bits per heavy atom. The molecule has 4 heterocycles. The smallest absolute Gasteiger partial charge is 0.257 e. The number of nitrogens with one attached hydrogen (secondary N) is 1. The third-order valence-corrected chi connectivity index (χ3v) is 6.83. The molecule has 6 nitrogen and oxygen atoms in total. The number of carbonyl (C=O) groups is 1. The zero-order chi connectivity index (χ0) is 20.6. The second-order valence-corrected chi connectivity index (χ2v) is 8.60. The van der Waals surface area contributed by atoms with Crippen molar-refractivity contribution in [3.8, 4) is 5.82 Å². The highest BCUT2D eigenvalue weighted by molar-refractivity contribution is 5.95. The van der Waals surface area contributed by atoms with Crippen molar-refractivity contribution in [2.75, 3.05) is 26.2 Å². The first-order valence-corrected chi connectivity index (χ1v) is 10.7. The summed E-state index contributed by atoms with van der Waals surface area (Å²) in [7, 11) is 0. The second-order valence-electron chi connectivity index (χ2n) is 8.60. The summed E-state index contributed by atoms with van der Waals surface area (Å²) in [6, 6.07) is 16.4. The average Bonchev–Trinajstić information content (AvgIpc) is 3.45. The van der Waals surface area contributed by atoms with Crippen LogP contribution in [-0.4, -0.2) is 51.8 Å². The maximum atomic E-state index is 13.4. The number of benzene rings is 1. The lowest BCUT2D eigenvalue weighted by Crippen LogP contribution is -2.36. The molecule has 0 aliphatic carbocycles. The number of aryl methyl sites for hydroxylation is 1. The van der Waals surface area contributed by atoms with Gasteiger partial charge in [0, 0.05) is 37.8 Å². The number of fused-ring (bicyclic) bond motifs is 1. The first kappa shape index (κ1) is 21.5. The maximum absolute atomic E-state index is 13.4. The molecule has 5 rings (SSSR count). The monoisotopic (exact) mass is 437 g/mol. The summed E-state index contributed by atoms with van der Waals surface area (Å²) in [4.78, 5) is 19.8. The van der Waals surface area contributed by atoms with E-state index in [1.807, 2.05) is 30.0 Å². The molecule has 2 unspecified atom stereocenters. The number of aromatic nitrogens is 3. The fourth-order valence-electron chi connectivity index (χ4n) is 5.07. The number of halogens is 1. The van der Waals surface area contributed by atoms with Crippen molar-refractivity contribution in [2.45, 2.75) is 19.8 Å². The van der Waals surface area contributed by atoms with Crippen LogP contribution in [0.4, 0.5) is 0 Å². The summed E-state index contributed by atoms with van der Waals surface area (Å²) in [6.45, 7) is 5.54. The molecule has 2 aromatic heterocycles. The number of nitrogens with zero attached hydrogens (tertiary/aromatic N) is 4. The van der Waals surface area contributed by atoms with Gasteiger partial charge in [-0.2, -0.15) is 5.10 Å². The number of hydrogen-bond acceptors (Lipinski definition) is 4. The van der Waals surface area contributed by atoms with Gasteiger partial charge in [0.15, 0.2) is 5.82 Å². The van der Waals surface area contributed by atoms with Gasteiger partial charge in [0.05, 0.1) is 17.5 Å². The lowest BCUT2D eigenvalue weighted by Gasteiger charge is -2.28. The molecule has 1 aromatic carbocycles. The van der Waals surface area contributed by atoms with Crippen molar-refractivity contribution in [3.05, 3.63) is 77.7 Å². The molecule has 1 N–H and O–H groups in total. The molecule has 2 saturated heterocycles. The fraction of sp³-hybridized carbons (Fsp3) is 0.375. The van der Waals surface area contributed by atoms with Gasteiger partial charge in [0.25, 0.3) is 5.91 Å². The molecule has 0 bridgehead atoms. The van der Waals surface area contributed by atoms with Crippen molar-refractivity contribution >= 4 is 18.3 Å². The quantitative estimate of drug-likeness (QED) is 0.665. The zero-order valence-corrected chi connectivity index (χ0v) is 18.5. The van der Waals surface area contributed by atoms with E-state index in [0.29, 0.717) is 11.5 Å². The molecule has 2 atom stereocenters. The van der Waals surface area contributed by atoms with Crippen LogP contribution >= 0.6 is 12.4 Å². The highest BCUT2D eigenvalue weighted by Crippen LogP contribution is 2.43. The Morgan fingerprint density at radius 1 is 1.19 bits per heavy atom. The van der Waals surface area contributed by atoms with Crippen molar-refractivity contribution < 1.29 is 4.79 Å². The fourth-order valence-corrected chi connectivity index (χ4v) is 5.07. The summed E-state index contributed by atoms with van der Waals surface area (Å²) in [5.74, 6) is 1.33. The highest BCUT2D eigenvalue weighted by atomic mass is 35.5. The Kier molecular flexibility index (Phi) is 6.12. The maximum Gasteiger partial charge on any atom is 0.257 e.